The lowest BCUT2D eigenvalue weighted by atomic mass is 10.1. The molecule has 0 atom stereocenters. The van der Waals surface area contributed by atoms with Gasteiger partial charge in [-0.15, -0.1) is 10.2 Å². The molecule has 78 valence electrons. The molecule has 0 saturated heterocycles. The molecular formula is C9H17N5. The Kier molecular flexibility index (Phi) is 1.89. The molecule has 2 rings (SSSR count). The van der Waals surface area contributed by atoms with Gasteiger partial charge in [-0.2, -0.15) is 4.80 Å². The van der Waals surface area contributed by atoms with Gasteiger partial charge in [0.1, 0.15) is 0 Å². The van der Waals surface area contributed by atoms with Gasteiger partial charge in [-0.1, -0.05) is 0 Å². The molecule has 14 heavy (non-hydrogen) atoms. The predicted molar refractivity (Wildman–Crippen MR) is 52.8 cm³/mol. The number of hydrogen-bond acceptors (Lipinski definition) is 4. The van der Waals surface area contributed by atoms with Crippen molar-refractivity contribution >= 4 is 0 Å². The van der Waals surface area contributed by atoms with Gasteiger partial charge < -0.3 is 5.32 Å². The molecule has 0 spiro atoms. The smallest absolute Gasteiger partial charge is 0.194 e. The Morgan fingerprint density at radius 3 is 2.36 bits per heavy atom. The van der Waals surface area contributed by atoms with E-state index in [1.807, 2.05) is 7.05 Å². The molecule has 5 nitrogen and oxygen atoms in total. The Bertz CT molecular complexity index is 331. The Morgan fingerprint density at radius 2 is 2.00 bits per heavy atom. The van der Waals surface area contributed by atoms with Crippen molar-refractivity contribution < 1.29 is 0 Å². The Labute approximate surface area is 83.9 Å². The van der Waals surface area contributed by atoms with E-state index < -0.39 is 0 Å². The van der Waals surface area contributed by atoms with E-state index in [9.17, 15) is 0 Å². The zero-order valence-corrected chi connectivity index (χ0v) is 9.20. The van der Waals surface area contributed by atoms with E-state index in [-0.39, 0.29) is 11.1 Å². The average molecular weight is 195 g/mol. The Balaban J connectivity index is 2.27. The summed E-state index contributed by atoms with van der Waals surface area (Å²) in [4.78, 5) is 1.68. The van der Waals surface area contributed by atoms with Crippen LogP contribution in [0.5, 0.6) is 0 Å². The molecular weight excluding hydrogens is 178 g/mol. The topological polar surface area (TPSA) is 55.6 Å². The number of tetrazole rings is 1. The first-order valence-corrected chi connectivity index (χ1v) is 4.98. The number of aromatic nitrogens is 4. The van der Waals surface area contributed by atoms with Crippen LogP contribution in [0.2, 0.25) is 0 Å². The second-order valence-corrected chi connectivity index (χ2v) is 4.91. The van der Waals surface area contributed by atoms with Crippen LogP contribution in [0.3, 0.4) is 0 Å². The third-order valence-corrected chi connectivity index (χ3v) is 2.67. The van der Waals surface area contributed by atoms with Crippen LogP contribution in [0, 0.1) is 0 Å². The minimum absolute atomic E-state index is 0.0174. The summed E-state index contributed by atoms with van der Waals surface area (Å²) in [6.45, 7) is 6.20. The highest BCUT2D eigenvalue weighted by molar-refractivity contribution is 5.13. The minimum atomic E-state index is -0.0882. The minimum Gasteiger partial charge on any atom is -0.308 e. The maximum Gasteiger partial charge on any atom is 0.194 e. The molecule has 1 saturated carbocycles. The summed E-state index contributed by atoms with van der Waals surface area (Å²) < 4.78 is 0. The van der Waals surface area contributed by atoms with Gasteiger partial charge in [0.2, 0.25) is 0 Å². The van der Waals surface area contributed by atoms with Crippen LogP contribution >= 0.6 is 0 Å². The summed E-state index contributed by atoms with van der Waals surface area (Å²) >= 11 is 0. The van der Waals surface area contributed by atoms with E-state index in [4.69, 9.17) is 0 Å². The summed E-state index contributed by atoms with van der Waals surface area (Å²) in [5.41, 5.74) is -0.0709. The highest BCUT2D eigenvalue weighted by Crippen LogP contribution is 2.42. The Hall–Kier alpha value is -0.970. The van der Waals surface area contributed by atoms with Crippen molar-refractivity contribution in [2.45, 2.75) is 44.7 Å². The molecule has 0 radical (unpaired) electrons. The molecule has 1 aromatic rings. The van der Waals surface area contributed by atoms with Crippen molar-refractivity contribution in [1.82, 2.24) is 25.5 Å². The fraction of sp³-hybridized carbons (Fsp3) is 0.889. The van der Waals surface area contributed by atoms with Gasteiger partial charge in [0.15, 0.2) is 5.82 Å². The highest BCUT2D eigenvalue weighted by atomic mass is 15.6. The maximum atomic E-state index is 4.42. The highest BCUT2D eigenvalue weighted by Gasteiger charge is 2.47. The summed E-state index contributed by atoms with van der Waals surface area (Å²) in [7, 11) is 1.95. The first-order valence-electron chi connectivity index (χ1n) is 4.98. The zero-order chi connectivity index (χ0) is 10.4. The molecule has 1 heterocycles. The second-order valence-electron chi connectivity index (χ2n) is 4.91. The molecule has 0 bridgehead atoms. The van der Waals surface area contributed by atoms with Crippen LogP contribution in [0.25, 0.3) is 0 Å². The molecule has 0 aliphatic heterocycles. The molecule has 1 aliphatic carbocycles. The zero-order valence-electron chi connectivity index (χ0n) is 9.20. The molecule has 0 aromatic carbocycles. The molecule has 1 aliphatic rings. The van der Waals surface area contributed by atoms with Gasteiger partial charge in [-0.3, -0.25) is 0 Å². The molecule has 1 N–H and O–H groups in total. The van der Waals surface area contributed by atoms with Crippen molar-refractivity contribution in [3.8, 4) is 0 Å². The van der Waals surface area contributed by atoms with E-state index in [0.29, 0.717) is 0 Å². The van der Waals surface area contributed by atoms with Crippen LogP contribution in [-0.2, 0) is 11.1 Å². The largest absolute Gasteiger partial charge is 0.308 e. The molecule has 1 fully saturated rings. The standard InChI is InChI=1S/C9H17N5/c1-8(2,3)14-12-7(11-13-14)9(10-4)5-6-9/h10H,5-6H2,1-4H3. The normalized spacial score (nSPS) is 19.7. The van der Waals surface area contributed by atoms with Gasteiger partial charge >= 0.3 is 0 Å². The number of nitrogens with one attached hydrogen (secondary N) is 1. The van der Waals surface area contributed by atoms with Crippen LogP contribution in [0.4, 0.5) is 0 Å². The second kappa shape index (κ2) is 2.76. The number of hydrogen-bond donors (Lipinski definition) is 1. The van der Waals surface area contributed by atoms with Gasteiger partial charge in [0, 0.05) is 0 Å². The first kappa shape index (κ1) is 9.58. The van der Waals surface area contributed by atoms with E-state index >= 15 is 0 Å². The average Bonchev–Trinajstić information content (AvgIpc) is 2.73. The quantitative estimate of drug-likeness (QED) is 0.752. The third kappa shape index (κ3) is 1.41. The van der Waals surface area contributed by atoms with Gasteiger partial charge in [-0.05, 0) is 45.9 Å². The fourth-order valence-electron chi connectivity index (χ4n) is 1.40. The van der Waals surface area contributed by atoms with E-state index in [1.165, 1.54) is 0 Å². The number of nitrogens with zero attached hydrogens (tertiary/aromatic N) is 4. The van der Waals surface area contributed by atoms with Crippen molar-refractivity contribution in [3.63, 3.8) is 0 Å². The summed E-state index contributed by atoms with van der Waals surface area (Å²) in [6, 6.07) is 0. The lowest BCUT2D eigenvalue weighted by molar-refractivity contribution is 0.304. The lowest BCUT2D eigenvalue weighted by Gasteiger charge is -2.15. The van der Waals surface area contributed by atoms with Gasteiger partial charge in [0.05, 0.1) is 11.1 Å². The predicted octanol–water partition coefficient (Wildman–Crippen LogP) is 0.637. The van der Waals surface area contributed by atoms with Crippen LogP contribution in [0.15, 0.2) is 0 Å². The van der Waals surface area contributed by atoms with Crippen LogP contribution in [0.1, 0.15) is 39.4 Å². The van der Waals surface area contributed by atoms with E-state index in [1.54, 1.807) is 4.80 Å². The summed E-state index contributed by atoms with van der Waals surface area (Å²) in [6.07, 6.45) is 2.22. The van der Waals surface area contributed by atoms with E-state index in [2.05, 4.69) is 41.5 Å². The van der Waals surface area contributed by atoms with Crippen LogP contribution < -0.4 is 5.32 Å². The summed E-state index contributed by atoms with van der Waals surface area (Å²) in [5.74, 6) is 0.829. The Morgan fingerprint density at radius 1 is 1.36 bits per heavy atom. The fourth-order valence-corrected chi connectivity index (χ4v) is 1.40. The molecule has 0 amide bonds. The van der Waals surface area contributed by atoms with Gasteiger partial charge in [-0.25, -0.2) is 0 Å². The SMILES string of the molecule is CNC1(c2nnn(C(C)(C)C)n2)CC1. The summed E-state index contributed by atoms with van der Waals surface area (Å²) in [5, 5.41) is 15.9. The van der Waals surface area contributed by atoms with Crippen molar-refractivity contribution in [1.29, 1.82) is 0 Å². The molecule has 1 aromatic heterocycles. The van der Waals surface area contributed by atoms with Gasteiger partial charge in [0.25, 0.3) is 0 Å². The van der Waals surface area contributed by atoms with Crippen LogP contribution in [-0.4, -0.2) is 27.3 Å². The van der Waals surface area contributed by atoms with E-state index in [0.717, 1.165) is 18.7 Å². The maximum absolute atomic E-state index is 4.42. The number of rotatable bonds is 2. The molecule has 5 heteroatoms. The monoisotopic (exact) mass is 195 g/mol. The lowest BCUT2D eigenvalue weighted by Crippen LogP contribution is -2.28. The van der Waals surface area contributed by atoms with Crippen molar-refractivity contribution in [3.05, 3.63) is 5.82 Å². The first-order chi connectivity index (χ1) is 6.48. The molecule has 0 unspecified atom stereocenters. The van der Waals surface area contributed by atoms with Crippen molar-refractivity contribution in [2.24, 2.45) is 0 Å². The third-order valence-electron chi connectivity index (χ3n) is 2.67. The van der Waals surface area contributed by atoms with Crippen molar-refractivity contribution in [2.75, 3.05) is 7.05 Å².